The van der Waals surface area contributed by atoms with Crippen LogP contribution in [-0.2, 0) is 31.1 Å². The van der Waals surface area contributed by atoms with Crippen molar-refractivity contribution in [3.63, 3.8) is 0 Å². The first-order chi connectivity index (χ1) is 14.6. The van der Waals surface area contributed by atoms with Crippen LogP contribution in [0.3, 0.4) is 0 Å². The molecule has 0 unspecified atom stereocenters. The van der Waals surface area contributed by atoms with E-state index >= 15 is 0 Å². The highest BCUT2D eigenvalue weighted by Crippen LogP contribution is 2.60. The summed E-state index contributed by atoms with van der Waals surface area (Å²) in [6.07, 6.45) is 1.43. The maximum atomic E-state index is 12.7. The largest absolute Gasteiger partial charge is 0.459 e. The van der Waals surface area contributed by atoms with Gasteiger partial charge in [0.1, 0.15) is 0 Å². The van der Waals surface area contributed by atoms with Crippen LogP contribution < -0.4 is 10.6 Å². The number of hydrogen-bond donors (Lipinski definition) is 2. The lowest BCUT2D eigenvalue weighted by Crippen LogP contribution is -2.19. The van der Waals surface area contributed by atoms with Gasteiger partial charge in [-0.2, -0.15) is 0 Å². The molecule has 7 nitrogen and oxygen atoms in total. The van der Waals surface area contributed by atoms with Crippen molar-refractivity contribution < 1.29 is 23.1 Å². The van der Waals surface area contributed by atoms with Crippen LogP contribution in [0.15, 0.2) is 41.0 Å². The highest BCUT2D eigenvalue weighted by molar-refractivity contribution is 8.68. The van der Waals surface area contributed by atoms with Crippen LogP contribution >= 0.6 is 17.1 Å². The van der Waals surface area contributed by atoms with E-state index in [2.05, 4.69) is 31.4 Å². The summed E-state index contributed by atoms with van der Waals surface area (Å²) in [5, 5.41) is 5.68. The van der Waals surface area contributed by atoms with Gasteiger partial charge in [-0.05, 0) is 60.9 Å². The zero-order chi connectivity index (χ0) is 23.1. The first kappa shape index (κ1) is 25.6. The highest BCUT2D eigenvalue weighted by Gasteiger charge is 2.22. The highest BCUT2D eigenvalue weighted by atomic mass is 32.9. The van der Waals surface area contributed by atoms with Crippen molar-refractivity contribution in [1.29, 1.82) is 0 Å². The van der Waals surface area contributed by atoms with Gasteiger partial charge < -0.3 is 24.1 Å². The van der Waals surface area contributed by atoms with E-state index in [0.717, 1.165) is 5.56 Å². The van der Waals surface area contributed by atoms with E-state index in [1.165, 1.54) is 17.6 Å². The van der Waals surface area contributed by atoms with E-state index in [4.69, 9.17) is 25.3 Å². The van der Waals surface area contributed by atoms with Gasteiger partial charge in [0, 0.05) is 0 Å². The summed E-state index contributed by atoms with van der Waals surface area (Å²) >= 11 is 6.66. The smallest absolute Gasteiger partial charge is 0.291 e. The predicted octanol–water partition coefficient (Wildman–Crippen LogP) is 5.80. The monoisotopic (exact) mass is 484 g/mol. The summed E-state index contributed by atoms with van der Waals surface area (Å²) in [5.41, 5.74) is -0.723. The molecule has 0 saturated carbocycles. The van der Waals surface area contributed by atoms with Crippen LogP contribution in [0.1, 0.15) is 50.7 Å². The molecular weight excluding hydrogens is 455 g/mol. The molecule has 0 bridgehead atoms. The van der Waals surface area contributed by atoms with Crippen LogP contribution in [-0.4, -0.2) is 30.8 Å². The second-order valence-electron chi connectivity index (χ2n) is 7.55. The standard InChI is InChI=1S/C21H29N2O5PS2/c1-6-27-29(30,28-7-2)31-14-19(24)22-17-13-15(21(3,4)5)10-11-16(17)23-20(25)18-9-8-12-26-18/h8-13H,6-7,14H2,1-5H3,(H,22,24)(H,23,25). The van der Waals surface area contributed by atoms with E-state index in [-0.39, 0.29) is 22.8 Å². The topological polar surface area (TPSA) is 89.8 Å². The second-order valence-corrected chi connectivity index (χ2v) is 13.9. The van der Waals surface area contributed by atoms with Gasteiger partial charge in [-0.25, -0.2) is 0 Å². The molecule has 170 valence electrons. The first-order valence-electron chi connectivity index (χ1n) is 9.91. The van der Waals surface area contributed by atoms with E-state index in [9.17, 15) is 9.59 Å². The number of carbonyl (C=O) groups is 2. The SMILES string of the molecule is CCOP(=S)(OCC)SCC(=O)Nc1cc(C(C)(C)C)ccc1NC(=O)c1ccco1. The van der Waals surface area contributed by atoms with Crippen molar-refractivity contribution in [2.75, 3.05) is 29.6 Å². The van der Waals surface area contributed by atoms with Crippen molar-refractivity contribution in [3.05, 3.63) is 47.9 Å². The van der Waals surface area contributed by atoms with Crippen molar-refractivity contribution >= 4 is 52.1 Å². The van der Waals surface area contributed by atoms with E-state index < -0.39 is 11.6 Å². The number of hydrogen-bond acceptors (Lipinski definition) is 7. The number of benzene rings is 1. The number of furan rings is 1. The average molecular weight is 485 g/mol. The number of carbonyl (C=O) groups excluding carboxylic acids is 2. The lowest BCUT2D eigenvalue weighted by atomic mass is 9.86. The van der Waals surface area contributed by atoms with Crippen molar-refractivity contribution in [2.45, 2.75) is 40.0 Å². The Bertz CT molecular complexity index is 932. The quantitative estimate of drug-likeness (QED) is 0.412. The Morgan fingerprint density at radius 3 is 2.32 bits per heavy atom. The molecule has 0 fully saturated rings. The summed E-state index contributed by atoms with van der Waals surface area (Å²) in [6.45, 7) is 10.7. The van der Waals surface area contributed by atoms with Crippen LogP contribution in [0.25, 0.3) is 0 Å². The molecule has 2 N–H and O–H groups in total. The lowest BCUT2D eigenvalue weighted by molar-refractivity contribution is -0.113. The van der Waals surface area contributed by atoms with Crippen molar-refractivity contribution in [2.24, 2.45) is 0 Å². The van der Waals surface area contributed by atoms with Gasteiger partial charge in [0.2, 0.25) is 11.6 Å². The Hall–Kier alpha value is -1.64. The van der Waals surface area contributed by atoms with Crippen molar-refractivity contribution in [1.82, 2.24) is 0 Å². The molecule has 1 heterocycles. The molecule has 0 aliphatic heterocycles. The molecule has 10 heteroatoms. The first-order valence-corrected chi connectivity index (χ1v) is 14.1. The average Bonchev–Trinajstić information content (AvgIpc) is 3.22. The van der Waals surface area contributed by atoms with Gasteiger partial charge in [0.25, 0.3) is 5.91 Å². The Morgan fingerprint density at radius 1 is 1.10 bits per heavy atom. The van der Waals surface area contributed by atoms with Gasteiger partial charge in [0.15, 0.2) is 5.76 Å². The normalized spacial score (nSPS) is 11.9. The van der Waals surface area contributed by atoms with Crippen LogP contribution in [0, 0.1) is 0 Å². The molecule has 2 aromatic rings. The number of nitrogens with one attached hydrogen (secondary N) is 2. The summed E-state index contributed by atoms with van der Waals surface area (Å²) in [5.74, 6) is -0.413. The minimum atomic E-state index is -2.57. The molecule has 1 aromatic carbocycles. The summed E-state index contributed by atoms with van der Waals surface area (Å²) < 4.78 is 16.3. The van der Waals surface area contributed by atoms with E-state index in [1.807, 2.05) is 26.0 Å². The Morgan fingerprint density at radius 2 is 1.77 bits per heavy atom. The van der Waals surface area contributed by atoms with Gasteiger partial charge in [0.05, 0.1) is 36.6 Å². The maximum absolute atomic E-state index is 12.7. The van der Waals surface area contributed by atoms with E-state index in [0.29, 0.717) is 24.6 Å². The van der Waals surface area contributed by atoms with Gasteiger partial charge in [-0.3, -0.25) is 9.59 Å². The number of amides is 2. The Labute approximate surface area is 192 Å². The van der Waals surface area contributed by atoms with Crippen LogP contribution in [0.2, 0.25) is 0 Å². The summed E-state index contributed by atoms with van der Waals surface area (Å²) in [6, 6.07) is 8.77. The lowest BCUT2D eigenvalue weighted by Gasteiger charge is -2.22. The molecule has 2 amide bonds. The summed E-state index contributed by atoms with van der Waals surface area (Å²) in [7, 11) is 0. The molecule has 31 heavy (non-hydrogen) atoms. The summed E-state index contributed by atoms with van der Waals surface area (Å²) in [4.78, 5) is 25.1. The molecule has 0 atom stereocenters. The Kier molecular flexibility index (Phi) is 9.33. The van der Waals surface area contributed by atoms with Gasteiger partial charge >= 0.3 is 0 Å². The van der Waals surface area contributed by atoms with Crippen LogP contribution in [0.4, 0.5) is 11.4 Å². The molecule has 0 spiro atoms. The molecule has 1 aromatic heterocycles. The number of anilines is 2. The minimum absolute atomic E-state index is 0.0720. The Balaban J connectivity index is 2.20. The fourth-order valence-corrected chi connectivity index (χ4v) is 6.78. The minimum Gasteiger partial charge on any atom is -0.459 e. The van der Waals surface area contributed by atoms with Gasteiger partial charge in [-0.1, -0.05) is 38.2 Å². The molecule has 0 saturated heterocycles. The van der Waals surface area contributed by atoms with E-state index in [1.54, 1.807) is 18.2 Å². The third-order valence-corrected chi connectivity index (χ3v) is 9.49. The zero-order valence-electron chi connectivity index (χ0n) is 18.4. The fraction of sp³-hybridized carbons (Fsp3) is 0.429. The number of rotatable bonds is 10. The fourth-order valence-electron chi connectivity index (χ4n) is 2.57. The zero-order valence-corrected chi connectivity index (χ0v) is 20.9. The molecule has 2 rings (SSSR count). The van der Waals surface area contributed by atoms with Gasteiger partial charge in [-0.15, -0.1) is 0 Å². The predicted molar refractivity (Wildman–Crippen MR) is 130 cm³/mol. The van der Waals surface area contributed by atoms with Crippen LogP contribution in [0.5, 0.6) is 0 Å². The molecular formula is C21H29N2O5PS2. The molecule has 0 aliphatic rings. The third-order valence-electron chi connectivity index (χ3n) is 4.08. The molecule has 0 radical (unpaired) electrons. The second kappa shape index (κ2) is 11.3. The van der Waals surface area contributed by atoms with Crippen molar-refractivity contribution in [3.8, 4) is 0 Å². The maximum Gasteiger partial charge on any atom is 0.291 e. The third kappa shape index (κ3) is 7.77. The molecule has 0 aliphatic carbocycles.